The molecule has 0 bridgehead atoms. The Hall–Kier alpha value is -1.68. The molecule has 0 radical (unpaired) electrons. The van der Waals surface area contributed by atoms with Gasteiger partial charge in [-0.15, -0.1) is 0 Å². The van der Waals surface area contributed by atoms with Crippen molar-refractivity contribution in [2.75, 3.05) is 13.6 Å². The molecule has 0 aromatic heterocycles. The first kappa shape index (κ1) is 13.3. The number of likely N-dealkylation sites (N-methyl/N-ethyl adjacent to an activating group) is 1. The number of carbonyl (C=O) groups is 2. The fourth-order valence-corrected chi connectivity index (χ4v) is 0.743. The van der Waals surface area contributed by atoms with E-state index in [0.717, 1.165) is 11.1 Å². The maximum atomic E-state index is 11.3. The van der Waals surface area contributed by atoms with Gasteiger partial charge in [-0.25, -0.2) is 4.79 Å². The Balaban J connectivity index is 4.22. The molecule has 0 aliphatic heterocycles. The molecule has 0 aromatic carbocycles. The second-order valence-corrected chi connectivity index (χ2v) is 4.05. The van der Waals surface area contributed by atoms with Crippen LogP contribution in [0.5, 0.6) is 0 Å². The van der Waals surface area contributed by atoms with Gasteiger partial charge in [-0.2, -0.15) is 4.79 Å². The molecule has 0 atom stereocenters. The summed E-state index contributed by atoms with van der Waals surface area (Å²) in [4.78, 5) is 26.0. The van der Waals surface area contributed by atoms with Gasteiger partial charge in [0.05, 0.1) is 6.54 Å². The summed E-state index contributed by atoms with van der Waals surface area (Å²) in [5.41, 5.74) is 7.49. The van der Waals surface area contributed by atoms with Crippen molar-refractivity contribution in [2.45, 2.75) is 26.4 Å². The molecule has 0 aromatic rings. The maximum Gasteiger partial charge on any atom is 0.410 e. The Morgan fingerprint density at radius 1 is 1.47 bits per heavy atom. The van der Waals surface area contributed by atoms with Crippen LogP contribution < -0.4 is 0 Å². The van der Waals surface area contributed by atoms with Crippen molar-refractivity contribution in [1.82, 2.24) is 4.90 Å². The first-order chi connectivity index (χ1) is 6.76. The van der Waals surface area contributed by atoms with Gasteiger partial charge in [0.2, 0.25) is 0 Å². The summed E-state index contributed by atoms with van der Waals surface area (Å²) in [5, 5.41) is 0. The molecule has 0 aliphatic carbocycles. The lowest BCUT2D eigenvalue weighted by Crippen LogP contribution is -2.37. The molecule has 0 fully saturated rings. The highest BCUT2D eigenvalue weighted by Gasteiger charge is 2.21. The fourth-order valence-electron chi connectivity index (χ4n) is 0.743. The molecule has 0 spiro atoms. The van der Waals surface area contributed by atoms with Crippen LogP contribution in [0.1, 0.15) is 20.8 Å². The third-order valence-electron chi connectivity index (χ3n) is 1.30. The third kappa shape index (κ3) is 6.40. The topological polar surface area (TPSA) is 83.0 Å². The molecule has 0 saturated heterocycles. The number of carbonyl (C=O) groups excluding carboxylic acids is 2. The Morgan fingerprint density at radius 3 is 2.40 bits per heavy atom. The summed E-state index contributed by atoms with van der Waals surface area (Å²) in [6.45, 7) is 5.01. The summed E-state index contributed by atoms with van der Waals surface area (Å²) in [6, 6.07) is 0. The second kappa shape index (κ2) is 5.26. The van der Waals surface area contributed by atoms with E-state index in [0.29, 0.717) is 0 Å². The molecule has 0 unspecified atom stereocenters. The van der Waals surface area contributed by atoms with E-state index in [1.165, 1.54) is 7.05 Å². The first-order valence-corrected chi connectivity index (χ1v) is 4.40. The van der Waals surface area contributed by atoms with Gasteiger partial charge in [0.1, 0.15) is 5.60 Å². The van der Waals surface area contributed by atoms with E-state index >= 15 is 0 Å². The molecule has 84 valence electrons. The predicted molar refractivity (Wildman–Crippen MR) is 53.6 cm³/mol. The zero-order valence-electron chi connectivity index (χ0n) is 9.35. The molecule has 6 heteroatoms. The van der Waals surface area contributed by atoms with E-state index in [2.05, 4.69) is 4.79 Å². The van der Waals surface area contributed by atoms with E-state index in [4.69, 9.17) is 10.3 Å². The minimum Gasteiger partial charge on any atom is -0.444 e. The summed E-state index contributed by atoms with van der Waals surface area (Å²) in [5.74, 6) is -0.481. The molecule has 0 N–H and O–H groups in total. The van der Waals surface area contributed by atoms with Gasteiger partial charge in [-0.1, -0.05) is 0 Å². The molecule has 1 amide bonds. The molecule has 0 heterocycles. The van der Waals surface area contributed by atoms with Gasteiger partial charge in [0.15, 0.2) is 0 Å². The summed E-state index contributed by atoms with van der Waals surface area (Å²) >= 11 is 0. The summed E-state index contributed by atoms with van der Waals surface area (Å²) in [7, 11) is 1.43. The number of nitrogens with zero attached hydrogens (tertiary/aromatic N) is 3. The SMILES string of the molecule is CN(CC(=O)C=[N+]=[N-])C(=O)OC(C)(C)C. The van der Waals surface area contributed by atoms with Crippen molar-refractivity contribution in [1.29, 1.82) is 0 Å². The van der Waals surface area contributed by atoms with Crippen molar-refractivity contribution in [3.8, 4) is 0 Å². The Labute approximate surface area is 88.4 Å². The number of Topliss-reactive ketones (excluding diaryl/α,β-unsaturated/α-hetero) is 1. The maximum absolute atomic E-state index is 11.3. The van der Waals surface area contributed by atoms with Crippen molar-refractivity contribution >= 4 is 18.1 Å². The lowest BCUT2D eigenvalue weighted by Gasteiger charge is -2.23. The number of hydrogen-bond acceptors (Lipinski definition) is 3. The van der Waals surface area contributed by atoms with Crippen molar-refractivity contribution in [3.05, 3.63) is 5.53 Å². The van der Waals surface area contributed by atoms with Crippen LogP contribution in [0.15, 0.2) is 0 Å². The van der Waals surface area contributed by atoms with Crippen LogP contribution in [0.3, 0.4) is 0 Å². The molecule has 15 heavy (non-hydrogen) atoms. The standard InChI is InChI=1S/C9H15N3O3/c1-9(2,3)15-8(14)12(4)6-7(13)5-11-10/h5H,6H2,1-4H3. The first-order valence-electron chi connectivity index (χ1n) is 4.40. The number of ketones is 1. The van der Waals surface area contributed by atoms with E-state index < -0.39 is 17.5 Å². The monoisotopic (exact) mass is 213 g/mol. The zero-order valence-corrected chi connectivity index (χ0v) is 9.35. The van der Waals surface area contributed by atoms with Crippen LogP contribution in [-0.4, -0.2) is 47.0 Å². The van der Waals surface area contributed by atoms with E-state index in [9.17, 15) is 9.59 Å². The van der Waals surface area contributed by atoms with Crippen LogP contribution in [0.4, 0.5) is 4.79 Å². The van der Waals surface area contributed by atoms with Gasteiger partial charge in [-0.05, 0) is 20.8 Å². The highest BCUT2D eigenvalue weighted by atomic mass is 16.6. The van der Waals surface area contributed by atoms with Crippen molar-refractivity contribution < 1.29 is 19.1 Å². The minimum absolute atomic E-state index is 0.182. The highest BCUT2D eigenvalue weighted by Crippen LogP contribution is 2.08. The van der Waals surface area contributed by atoms with Crippen LogP contribution >= 0.6 is 0 Å². The zero-order chi connectivity index (χ0) is 12.1. The van der Waals surface area contributed by atoms with E-state index in [1.807, 2.05) is 0 Å². The third-order valence-corrected chi connectivity index (χ3v) is 1.30. The summed E-state index contributed by atoms with van der Waals surface area (Å²) < 4.78 is 5.01. The Kier molecular flexibility index (Phi) is 4.67. The van der Waals surface area contributed by atoms with Gasteiger partial charge in [0, 0.05) is 7.05 Å². The van der Waals surface area contributed by atoms with E-state index in [-0.39, 0.29) is 6.54 Å². The number of hydrogen-bond donors (Lipinski definition) is 0. The number of amides is 1. The second-order valence-electron chi connectivity index (χ2n) is 4.05. The van der Waals surface area contributed by atoms with Crippen LogP contribution in [0, 0.1) is 0 Å². The van der Waals surface area contributed by atoms with Gasteiger partial charge >= 0.3 is 12.3 Å². The number of rotatable bonds is 3. The van der Waals surface area contributed by atoms with Gasteiger partial charge in [-0.3, -0.25) is 4.79 Å². The van der Waals surface area contributed by atoms with Gasteiger partial charge < -0.3 is 15.2 Å². The lowest BCUT2D eigenvalue weighted by atomic mass is 10.2. The predicted octanol–water partition coefficient (Wildman–Crippen LogP) is 0.723. The molecule has 6 nitrogen and oxygen atoms in total. The molecular weight excluding hydrogens is 198 g/mol. The van der Waals surface area contributed by atoms with Gasteiger partial charge in [0.25, 0.3) is 5.78 Å². The minimum atomic E-state index is -0.598. The molecule has 0 rings (SSSR count). The molecular formula is C9H15N3O3. The summed E-state index contributed by atoms with van der Waals surface area (Å²) in [6.07, 6.45) is 0.142. The Morgan fingerprint density at radius 2 is 2.00 bits per heavy atom. The average molecular weight is 213 g/mol. The van der Waals surface area contributed by atoms with Crippen molar-refractivity contribution in [2.24, 2.45) is 0 Å². The number of ether oxygens (including phenoxy) is 1. The Bertz CT molecular complexity index is 300. The van der Waals surface area contributed by atoms with Crippen LogP contribution in [0.2, 0.25) is 0 Å². The highest BCUT2D eigenvalue weighted by molar-refractivity contribution is 6.26. The fraction of sp³-hybridized carbons (Fsp3) is 0.667. The largest absolute Gasteiger partial charge is 0.444 e. The van der Waals surface area contributed by atoms with E-state index in [1.54, 1.807) is 20.8 Å². The lowest BCUT2D eigenvalue weighted by molar-refractivity contribution is -0.116. The normalized spacial score (nSPS) is 10.1. The molecule has 0 aliphatic rings. The molecule has 0 saturated carbocycles. The average Bonchev–Trinajstić information content (AvgIpc) is 2.00. The smallest absolute Gasteiger partial charge is 0.410 e. The van der Waals surface area contributed by atoms with Crippen molar-refractivity contribution in [3.63, 3.8) is 0 Å². The quantitative estimate of drug-likeness (QED) is 0.393. The van der Waals surface area contributed by atoms with Crippen LogP contribution in [0.25, 0.3) is 5.53 Å². The van der Waals surface area contributed by atoms with Crippen LogP contribution in [-0.2, 0) is 9.53 Å².